The summed E-state index contributed by atoms with van der Waals surface area (Å²) in [5, 5.41) is 9.85. The highest BCUT2D eigenvalue weighted by atomic mass is 32.2. The molecule has 0 atom stereocenters. The summed E-state index contributed by atoms with van der Waals surface area (Å²) in [7, 11) is 1.85. The summed E-state index contributed by atoms with van der Waals surface area (Å²) in [6, 6.07) is 0.470. The van der Waals surface area contributed by atoms with Crippen molar-refractivity contribution in [2.24, 2.45) is 7.05 Å². The van der Waals surface area contributed by atoms with Crippen molar-refractivity contribution in [2.45, 2.75) is 37.6 Å². The summed E-state index contributed by atoms with van der Waals surface area (Å²) in [6.07, 6.45) is 3.92. The Morgan fingerprint density at radius 3 is 2.89 bits per heavy atom. The number of amides is 1. The van der Waals surface area contributed by atoms with Crippen molar-refractivity contribution in [3.63, 3.8) is 0 Å². The minimum absolute atomic E-state index is 0.0266. The van der Waals surface area contributed by atoms with Crippen LogP contribution in [0.3, 0.4) is 0 Å². The predicted molar refractivity (Wildman–Crippen MR) is 70.3 cm³/mol. The smallest absolute Gasteiger partial charge is 0.233 e. The first kappa shape index (κ1) is 13.4. The molecule has 1 aromatic heterocycles. The first-order valence-corrected chi connectivity index (χ1v) is 7.19. The molecule has 0 saturated heterocycles. The highest BCUT2D eigenvalue weighted by Gasteiger charge is 2.31. The molecule has 1 heterocycles. The Hall–Kier alpha value is -1.01. The van der Waals surface area contributed by atoms with E-state index in [2.05, 4.69) is 4.98 Å². The van der Waals surface area contributed by atoms with E-state index in [1.807, 2.05) is 23.4 Å². The molecule has 0 unspecified atom stereocenters. The fraction of sp³-hybridized carbons (Fsp3) is 0.667. The number of rotatable bonds is 6. The lowest BCUT2D eigenvalue weighted by Crippen LogP contribution is -2.34. The Morgan fingerprint density at radius 2 is 2.39 bits per heavy atom. The van der Waals surface area contributed by atoms with Crippen LogP contribution in [-0.4, -0.2) is 43.8 Å². The third kappa shape index (κ3) is 2.87. The second-order valence-electron chi connectivity index (χ2n) is 4.45. The minimum atomic E-state index is -0.0266. The second kappa shape index (κ2) is 5.75. The molecule has 1 saturated carbocycles. The van der Waals surface area contributed by atoms with E-state index in [4.69, 9.17) is 5.11 Å². The van der Waals surface area contributed by atoms with Gasteiger partial charge in [0.25, 0.3) is 0 Å². The van der Waals surface area contributed by atoms with Crippen LogP contribution in [0.25, 0.3) is 0 Å². The quantitative estimate of drug-likeness (QED) is 0.783. The summed E-state index contributed by atoms with van der Waals surface area (Å²) < 4.78 is 1.82. The number of aromatic nitrogens is 2. The van der Waals surface area contributed by atoms with Crippen LogP contribution < -0.4 is 0 Å². The molecular formula is C12H19N3O2S. The van der Waals surface area contributed by atoms with Crippen LogP contribution in [0.1, 0.15) is 25.5 Å². The van der Waals surface area contributed by atoms with Crippen molar-refractivity contribution in [1.29, 1.82) is 0 Å². The van der Waals surface area contributed by atoms with Crippen molar-refractivity contribution in [1.82, 2.24) is 14.5 Å². The third-order valence-corrected chi connectivity index (χ3v) is 4.21. The van der Waals surface area contributed by atoms with Crippen LogP contribution >= 0.6 is 11.8 Å². The van der Waals surface area contributed by atoms with Gasteiger partial charge in [-0.05, 0) is 19.8 Å². The van der Waals surface area contributed by atoms with Gasteiger partial charge >= 0.3 is 0 Å². The zero-order valence-electron chi connectivity index (χ0n) is 10.8. The molecule has 1 N–H and O–H groups in total. The van der Waals surface area contributed by atoms with Crippen molar-refractivity contribution >= 4 is 17.7 Å². The van der Waals surface area contributed by atoms with E-state index < -0.39 is 0 Å². The summed E-state index contributed by atoms with van der Waals surface area (Å²) in [5.41, 5.74) is 0.763. The number of thioether (sulfide) groups is 1. The molecule has 1 amide bonds. The average Bonchev–Trinajstić information content (AvgIpc) is 3.12. The van der Waals surface area contributed by atoms with E-state index in [-0.39, 0.29) is 12.5 Å². The van der Waals surface area contributed by atoms with Crippen LogP contribution in [0, 0.1) is 0 Å². The van der Waals surface area contributed by atoms with Crippen molar-refractivity contribution in [3.8, 4) is 0 Å². The topological polar surface area (TPSA) is 58.4 Å². The lowest BCUT2D eigenvalue weighted by Gasteiger charge is -2.19. The Labute approximate surface area is 111 Å². The number of hydrogen-bond donors (Lipinski definition) is 1. The Kier molecular flexibility index (Phi) is 4.29. The molecule has 1 aromatic rings. The number of aliphatic hydroxyl groups excluding tert-OH is 1. The monoisotopic (exact) mass is 269 g/mol. The van der Waals surface area contributed by atoms with Gasteiger partial charge in [0, 0.05) is 19.6 Å². The van der Waals surface area contributed by atoms with Gasteiger partial charge in [-0.2, -0.15) is 0 Å². The van der Waals surface area contributed by atoms with Gasteiger partial charge in [-0.15, -0.1) is 0 Å². The van der Waals surface area contributed by atoms with E-state index in [1.54, 1.807) is 6.20 Å². The Morgan fingerprint density at radius 1 is 1.67 bits per heavy atom. The first-order chi connectivity index (χ1) is 8.67. The molecule has 1 aliphatic carbocycles. The van der Waals surface area contributed by atoms with Crippen LogP contribution in [0.15, 0.2) is 11.4 Å². The highest BCUT2D eigenvalue weighted by Crippen LogP contribution is 2.27. The van der Waals surface area contributed by atoms with E-state index in [1.165, 1.54) is 11.8 Å². The number of carbonyl (C=O) groups is 1. The highest BCUT2D eigenvalue weighted by molar-refractivity contribution is 7.99. The standard InChI is InChI=1S/C12H19N3O2S/c1-3-15(9-4-5-9)11(17)8-18-12-13-6-10(7-16)14(12)2/h6,9,16H,3-5,7-8H2,1-2H3. The molecule has 0 aromatic carbocycles. The predicted octanol–water partition coefficient (Wildman–Crippen LogP) is 1.02. The number of hydrogen-bond acceptors (Lipinski definition) is 4. The van der Waals surface area contributed by atoms with Crippen molar-refractivity contribution in [2.75, 3.05) is 12.3 Å². The summed E-state index contributed by atoms with van der Waals surface area (Å²) in [6.45, 7) is 2.78. The van der Waals surface area contributed by atoms with Gasteiger partial charge in [0.2, 0.25) is 5.91 Å². The number of nitrogens with zero attached hydrogens (tertiary/aromatic N) is 3. The van der Waals surface area contributed by atoms with Crippen LogP contribution in [0.4, 0.5) is 0 Å². The molecule has 0 radical (unpaired) electrons. The molecule has 1 fully saturated rings. The van der Waals surface area contributed by atoms with E-state index >= 15 is 0 Å². The van der Waals surface area contributed by atoms with Crippen LogP contribution in [0.5, 0.6) is 0 Å². The molecule has 18 heavy (non-hydrogen) atoms. The first-order valence-electron chi connectivity index (χ1n) is 6.21. The van der Waals surface area contributed by atoms with Gasteiger partial charge < -0.3 is 14.6 Å². The Bertz CT molecular complexity index is 429. The molecule has 1 aliphatic rings. The second-order valence-corrected chi connectivity index (χ2v) is 5.39. The molecule has 0 spiro atoms. The normalized spacial score (nSPS) is 14.8. The molecule has 100 valence electrons. The van der Waals surface area contributed by atoms with Gasteiger partial charge in [-0.1, -0.05) is 11.8 Å². The Balaban J connectivity index is 1.90. The molecule has 0 aliphatic heterocycles. The van der Waals surface area contributed by atoms with Gasteiger partial charge in [-0.3, -0.25) is 4.79 Å². The van der Waals surface area contributed by atoms with Gasteiger partial charge in [0.1, 0.15) is 0 Å². The van der Waals surface area contributed by atoms with Crippen molar-refractivity contribution < 1.29 is 9.90 Å². The van der Waals surface area contributed by atoms with Gasteiger partial charge in [0.15, 0.2) is 5.16 Å². The lowest BCUT2D eigenvalue weighted by atomic mass is 10.4. The summed E-state index contributed by atoms with van der Waals surface area (Å²) in [4.78, 5) is 18.2. The largest absolute Gasteiger partial charge is 0.390 e. The lowest BCUT2D eigenvalue weighted by molar-refractivity contribution is -0.128. The van der Waals surface area contributed by atoms with Crippen LogP contribution in [0.2, 0.25) is 0 Å². The minimum Gasteiger partial charge on any atom is -0.390 e. The number of imidazole rings is 1. The maximum absolute atomic E-state index is 12.0. The molecule has 6 heteroatoms. The molecule has 5 nitrogen and oxygen atoms in total. The van der Waals surface area contributed by atoms with E-state index in [9.17, 15) is 4.79 Å². The van der Waals surface area contributed by atoms with Gasteiger partial charge in [-0.25, -0.2) is 4.98 Å². The maximum Gasteiger partial charge on any atom is 0.233 e. The fourth-order valence-electron chi connectivity index (χ4n) is 1.94. The number of carbonyl (C=O) groups excluding carboxylic acids is 1. The zero-order chi connectivity index (χ0) is 13.1. The summed E-state index contributed by atoms with van der Waals surface area (Å²) >= 11 is 1.43. The van der Waals surface area contributed by atoms with Crippen LogP contribution in [-0.2, 0) is 18.4 Å². The van der Waals surface area contributed by atoms with E-state index in [0.29, 0.717) is 11.8 Å². The summed E-state index contributed by atoms with van der Waals surface area (Å²) in [5.74, 6) is 0.596. The SMILES string of the molecule is CCN(C(=O)CSc1ncc(CO)n1C)C1CC1. The third-order valence-electron chi connectivity index (χ3n) is 3.18. The molecule has 0 bridgehead atoms. The molecule has 2 rings (SSSR count). The molecular weight excluding hydrogens is 250 g/mol. The maximum atomic E-state index is 12.0. The van der Waals surface area contributed by atoms with E-state index in [0.717, 1.165) is 30.2 Å². The van der Waals surface area contributed by atoms with Gasteiger partial charge in [0.05, 0.1) is 24.3 Å². The average molecular weight is 269 g/mol. The fourth-order valence-corrected chi connectivity index (χ4v) is 2.80. The van der Waals surface area contributed by atoms with Crippen molar-refractivity contribution in [3.05, 3.63) is 11.9 Å². The zero-order valence-corrected chi connectivity index (χ0v) is 11.6. The number of aliphatic hydroxyl groups is 1.